The predicted molar refractivity (Wildman–Crippen MR) is 127 cm³/mol. The van der Waals surface area contributed by atoms with Crippen LogP contribution in [-0.4, -0.2) is 51.9 Å². The first-order valence-corrected chi connectivity index (χ1v) is 11.7. The van der Waals surface area contributed by atoms with Crippen LogP contribution in [-0.2, 0) is 16.7 Å². The fraction of sp³-hybridized carbons (Fsp3) is 0.538. The summed E-state index contributed by atoms with van der Waals surface area (Å²) in [6.45, 7) is 12.2. The number of rotatable bonds is 6. The first-order chi connectivity index (χ1) is 15.7. The third kappa shape index (κ3) is 5.07. The van der Waals surface area contributed by atoms with Gasteiger partial charge in [0.05, 0.1) is 36.3 Å². The first-order valence-electron chi connectivity index (χ1n) is 11.7. The van der Waals surface area contributed by atoms with E-state index in [9.17, 15) is 4.79 Å². The van der Waals surface area contributed by atoms with Gasteiger partial charge in [0, 0.05) is 19.5 Å². The van der Waals surface area contributed by atoms with Crippen molar-refractivity contribution in [2.24, 2.45) is 5.41 Å². The van der Waals surface area contributed by atoms with Crippen molar-refractivity contribution < 1.29 is 9.53 Å². The number of hydrogen-bond acceptors (Lipinski definition) is 6. The maximum atomic E-state index is 12.9. The van der Waals surface area contributed by atoms with E-state index in [0.717, 1.165) is 62.5 Å². The van der Waals surface area contributed by atoms with Crippen LogP contribution in [0.5, 0.6) is 0 Å². The Morgan fingerprint density at radius 2 is 2.06 bits per heavy atom. The number of allylic oxidation sites excluding steroid dienone is 2. The van der Waals surface area contributed by atoms with Crippen molar-refractivity contribution in [3.8, 4) is 6.07 Å². The molecule has 1 fully saturated rings. The molecule has 0 aromatic carbocycles. The lowest BCUT2D eigenvalue weighted by Crippen LogP contribution is -2.48. The molecule has 2 aromatic heterocycles. The summed E-state index contributed by atoms with van der Waals surface area (Å²) in [7, 11) is 0. The van der Waals surface area contributed by atoms with Crippen molar-refractivity contribution in [1.82, 2.24) is 19.9 Å². The zero-order valence-corrected chi connectivity index (χ0v) is 20.1. The van der Waals surface area contributed by atoms with Gasteiger partial charge in [0.25, 0.3) is 0 Å². The molecule has 1 N–H and O–H groups in total. The molecule has 0 bridgehead atoms. The van der Waals surface area contributed by atoms with Crippen molar-refractivity contribution in [3.05, 3.63) is 52.9 Å². The molecular formula is C26H33N5O2. The minimum atomic E-state index is -0.238. The molecule has 33 heavy (non-hydrogen) atoms. The molecule has 0 saturated carbocycles. The largest absolute Gasteiger partial charge is 0.379 e. The lowest BCUT2D eigenvalue weighted by Gasteiger charge is -2.40. The van der Waals surface area contributed by atoms with Crippen molar-refractivity contribution in [1.29, 1.82) is 5.26 Å². The Labute approximate surface area is 195 Å². The Balaban J connectivity index is 1.69. The third-order valence-corrected chi connectivity index (χ3v) is 7.00. The molecule has 2 aromatic rings. The number of hydrogen-bond donors (Lipinski definition) is 1. The average molecular weight is 448 g/mol. The quantitative estimate of drug-likeness (QED) is 0.665. The summed E-state index contributed by atoms with van der Waals surface area (Å²) in [5.41, 5.74) is 4.38. The van der Waals surface area contributed by atoms with Crippen LogP contribution in [0.25, 0.3) is 5.57 Å². The number of Topliss-reactive ketones (excluding diaryl/α,β-unsaturated/α-hetero) is 1. The van der Waals surface area contributed by atoms with Crippen LogP contribution in [0.15, 0.2) is 24.4 Å². The molecule has 0 radical (unpaired) electrons. The molecule has 174 valence electrons. The summed E-state index contributed by atoms with van der Waals surface area (Å²) in [6.07, 6.45) is 6.92. The smallest absolute Gasteiger partial charge is 0.202 e. The highest BCUT2D eigenvalue weighted by molar-refractivity contribution is 5.95. The number of aromatic amines is 1. The fourth-order valence-corrected chi connectivity index (χ4v) is 4.60. The molecule has 0 spiro atoms. The molecule has 1 aliphatic heterocycles. The summed E-state index contributed by atoms with van der Waals surface area (Å²) in [5, 5.41) is 9.03. The number of nitriles is 1. The average Bonchev–Trinajstić information content (AvgIpc) is 3.30. The van der Waals surface area contributed by atoms with E-state index in [1.807, 2.05) is 12.1 Å². The number of imidazole rings is 1. The zero-order chi connectivity index (χ0) is 23.6. The number of aromatic nitrogens is 3. The van der Waals surface area contributed by atoms with E-state index in [-0.39, 0.29) is 34.7 Å². The van der Waals surface area contributed by atoms with E-state index in [2.05, 4.69) is 54.7 Å². The van der Waals surface area contributed by atoms with Crippen molar-refractivity contribution in [2.75, 3.05) is 26.3 Å². The second-order valence-electron chi connectivity index (χ2n) is 10.3. The molecule has 4 rings (SSSR count). The van der Waals surface area contributed by atoms with Crippen LogP contribution in [0.3, 0.4) is 0 Å². The van der Waals surface area contributed by atoms with Crippen LogP contribution in [0.4, 0.5) is 0 Å². The number of ketones is 1. The van der Waals surface area contributed by atoms with Gasteiger partial charge in [-0.25, -0.2) is 4.98 Å². The second kappa shape index (κ2) is 9.20. The Hall–Kier alpha value is -2.82. The van der Waals surface area contributed by atoms with Gasteiger partial charge in [-0.15, -0.1) is 0 Å². The summed E-state index contributed by atoms with van der Waals surface area (Å²) in [4.78, 5) is 27.4. The molecule has 1 aliphatic carbocycles. The number of pyridine rings is 1. The molecule has 0 unspecified atom stereocenters. The van der Waals surface area contributed by atoms with Gasteiger partial charge < -0.3 is 9.72 Å². The number of carbonyl (C=O) groups is 1. The highest BCUT2D eigenvalue weighted by Crippen LogP contribution is 2.39. The van der Waals surface area contributed by atoms with Crippen LogP contribution >= 0.6 is 0 Å². The number of ether oxygens (including phenoxy) is 1. The van der Waals surface area contributed by atoms with Gasteiger partial charge in [-0.05, 0) is 55.7 Å². The molecular weight excluding hydrogens is 414 g/mol. The maximum absolute atomic E-state index is 12.9. The summed E-state index contributed by atoms with van der Waals surface area (Å²) >= 11 is 0. The molecule has 7 heteroatoms. The summed E-state index contributed by atoms with van der Waals surface area (Å²) < 4.78 is 5.55. The van der Waals surface area contributed by atoms with E-state index < -0.39 is 0 Å². The molecule has 0 atom stereocenters. The monoisotopic (exact) mass is 447 g/mol. The number of carbonyl (C=O) groups excluding carboxylic acids is 1. The first kappa shape index (κ1) is 23.3. The highest BCUT2D eigenvalue weighted by atomic mass is 16.5. The van der Waals surface area contributed by atoms with Gasteiger partial charge in [0.15, 0.2) is 5.82 Å². The molecule has 1 saturated heterocycles. The number of nitrogens with one attached hydrogen (secondary N) is 1. The minimum Gasteiger partial charge on any atom is -0.379 e. The Morgan fingerprint density at radius 1 is 1.30 bits per heavy atom. The third-order valence-electron chi connectivity index (χ3n) is 7.00. The van der Waals surface area contributed by atoms with Crippen molar-refractivity contribution in [3.63, 3.8) is 0 Å². The summed E-state index contributed by atoms with van der Waals surface area (Å²) in [6, 6.07) is 6.09. The zero-order valence-electron chi connectivity index (χ0n) is 20.1. The Morgan fingerprint density at radius 3 is 2.70 bits per heavy atom. The lowest BCUT2D eigenvalue weighted by molar-refractivity contribution is -0.0132. The van der Waals surface area contributed by atoms with Gasteiger partial charge in [-0.2, -0.15) is 5.26 Å². The van der Waals surface area contributed by atoms with E-state index in [4.69, 9.17) is 15.0 Å². The maximum Gasteiger partial charge on any atom is 0.202 e. The highest BCUT2D eigenvalue weighted by Gasteiger charge is 2.33. The van der Waals surface area contributed by atoms with Crippen LogP contribution in [0, 0.1) is 16.7 Å². The number of nitrogens with zero attached hydrogens (tertiary/aromatic N) is 4. The van der Waals surface area contributed by atoms with Crippen LogP contribution in [0.2, 0.25) is 0 Å². The minimum absolute atomic E-state index is 0.142. The summed E-state index contributed by atoms with van der Waals surface area (Å²) in [5.74, 6) is 0.0745. The Bertz CT molecular complexity index is 1100. The Kier molecular flexibility index (Phi) is 6.51. The van der Waals surface area contributed by atoms with Gasteiger partial charge in [-0.1, -0.05) is 26.0 Å². The van der Waals surface area contributed by atoms with Gasteiger partial charge in [-0.3, -0.25) is 14.7 Å². The SMILES string of the molecule is CC1(C)CC=C(c2nc(C(C)(C)N3CCOCC3)ccc2CC(=O)c2ncc(C#N)[nH]2)CC1. The fourth-order valence-electron chi connectivity index (χ4n) is 4.60. The molecule has 3 heterocycles. The van der Waals surface area contributed by atoms with Crippen molar-refractivity contribution >= 4 is 11.4 Å². The standard InChI is InChI=1S/C26H33N5O2/c1-25(2)9-7-18(8-10-25)23-19(15-21(32)24-28-17-20(16-27)29-24)5-6-22(30-23)26(3,4)31-11-13-33-14-12-31/h5-7,17H,8-15H2,1-4H3,(H,28,29). The van der Waals surface area contributed by atoms with Crippen molar-refractivity contribution in [2.45, 2.75) is 58.9 Å². The lowest BCUT2D eigenvalue weighted by atomic mass is 9.77. The van der Waals surface area contributed by atoms with E-state index in [1.165, 1.54) is 11.8 Å². The van der Waals surface area contributed by atoms with E-state index in [0.29, 0.717) is 0 Å². The molecule has 7 nitrogen and oxygen atoms in total. The van der Waals surface area contributed by atoms with Crippen LogP contribution in [0.1, 0.15) is 80.2 Å². The predicted octanol–water partition coefficient (Wildman–Crippen LogP) is 4.26. The van der Waals surface area contributed by atoms with E-state index >= 15 is 0 Å². The van der Waals surface area contributed by atoms with E-state index in [1.54, 1.807) is 0 Å². The van der Waals surface area contributed by atoms with Gasteiger partial charge in [0.2, 0.25) is 5.78 Å². The van der Waals surface area contributed by atoms with Gasteiger partial charge in [0.1, 0.15) is 11.8 Å². The normalized spacial score (nSPS) is 19.1. The second-order valence-corrected chi connectivity index (χ2v) is 10.3. The molecule has 0 amide bonds. The topological polar surface area (TPSA) is 94.9 Å². The number of H-pyrrole nitrogens is 1. The molecule has 2 aliphatic rings. The van der Waals surface area contributed by atoms with Gasteiger partial charge >= 0.3 is 0 Å². The number of morpholine rings is 1. The van der Waals surface area contributed by atoms with Crippen LogP contribution < -0.4 is 0 Å².